The van der Waals surface area contributed by atoms with E-state index in [4.69, 9.17) is 10.5 Å². The van der Waals surface area contributed by atoms with Gasteiger partial charge in [0, 0.05) is 19.8 Å². The molecule has 2 N–H and O–H groups in total. The van der Waals surface area contributed by atoms with E-state index in [0.29, 0.717) is 5.46 Å². The van der Waals surface area contributed by atoms with E-state index in [0.717, 1.165) is 5.69 Å². The minimum Gasteiger partial charge on any atom is -0.378 e. The minimum atomic E-state index is -1.16. The summed E-state index contributed by atoms with van der Waals surface area (Å²) in [6.45, 7) is 0. The van der Waals surface area contributed by atoms with Crippen molar-refractivity contribution < 1.29 is 20.1 Å². The van der Waals surface area contributed by atoms with E-state index in [2.05, 4.69) is 9.61 Å². The van der Waals surface area contributed by atoms with Crippen LogP contribution in [0.1, 0.15) is 0 Å². The molecule has 5 nitrogen and oxygen atoms in total. The third kappa shape index (κ3) is 2.46. The van der Waals surface area contributed by atoms with E-state index in [1.807, 2.05) is 31.1 Å². The van der Waals surface area contributed by atoms with Crippen LogP contribution in [0, 0.1) is 0 Å². The number of benzene rings is 1. The van der Waals surface area contributed by atoms with Crippen molar-refractivity contribution in [1.29, 1.82) is 0 Å². The van der Waals surface area contributed by atoms with E-state index in [1.165, 1.54) is 0 Å². The van der Waals surface area contributed by atoms with Crippen molar-refractivity contribution in [2.75, 3.05) is 19.0 Å². The Morgan fingerprint density at radius 3 is 1.93 bits per heavy atom. The largest absolute Gasteiger partial charge is 0.554 e. The molecule has 0 bridgehead atoms. The van der Waals surface area contributed by atoms with Crippen molar-refractivity contribution in [2.24, 2.45) is 0 Å². The fourth-order valence-corrected chi connectivity index (χ4v) is 1.07. The topological polar surface area (TPSA) is 62.2 Å². The van der Waals surface area contributed by atoms with Gasteiger partial charge in [-0.1, -0.05) is 12.1 Å². The van der Waals surface area contributed by atoms with E-state index < -0.39 is 7.12 Å². The van der Waals surface area contributed by atoms with Crippen LogP contribution < -0.4 is 10.4 Å². The van der Waals surface area contributed by atoms with Gasteiger partial charge in [-0.05, 0) is 17.6 Å². The predicted octanol–water partition coefficient (Wildman–Crippen LogP) is 0.427. The summed E-state index contributed by atoms with van der Waals surface area (Å²) in [7, 11) is 2.67. The first-order valence-corrected chi connectivity index (χ1v) is 4.06. The zero-order valence-corrected chi connectivity index (χ0v) is 8.04. The van der Waals surface area contributed by atoms with Gasteiger partial charge >= 0.3 is 7.12 Å². The molecule has 14 heavy (non-hydrogen) atoms. The highest BCUT2D eigenvalue weighted by atomic mass is 17.2. The van der Waals surface area contributed by atoms with Gasteiger partial charge in [-0.3, -0.25) is 20.1 Å². The molecule has 0 aromatic heterocycles. The smallest absolute Gasteiger partial charge is 0.378 e. The van der Waals surface area contributed by atoms with Crippen LogP contribution in [0.25, 0.3) is 0 Å². The molecule has 1 aromatic carbocycles. The normalized spacial score (nSPS) is 10.0. The molecule has 0 spiro atoms. The van der Waals surface area contributed by atoms with Crippen LogP contribution in [0.15, 0.2) is 24.3 Å². The molecule has 6 heteroatoms. The van der Waals surface area contributed by atoms with Crippen LogP contribution in [-0.2, 0) is 9.61 Å². The lowest BCUT2D eigenvalue weighted by atomic mass is 9.80. The van der Waals surface area contributed by atoms with Crippen LogP contribution in [-0.4, -0.2) is 31.7 Å². The summed E-state index contributed by atoms with van der Waals surface area (Å²) in [5.41, 5.74) is 1.53. The van der Waals surface area contributed by atoms with E-state index in [1.54, 1.807) is 12.1 Å². The Balaban J connectivity index is 2.81. The second kappa shape index (κ2) is 4.97. The summed E-state index contributed by atoms with van der Waals surface area (Å²) in [6, 6.07) is 7.01. The summed E-state index contributed by atoms with van der Waals surface area (Å²) < 4.78 is 0. The number of anilines is 1. The molecule has 0 fully saturated rings. The molecule has 0 saturated heterocycles. The molecular weight excluding hydrogens is 185 g/mol. The fourth-order valence-electron chi connectivity index (χ4n) is 1.07. The minimum absolute atomic E-state index is 0.528. The van der Waals surface area contributed by atoms with Crippen LogP contribution in [0.4, 0.5) is 5.69 Å². The summed E-state index contributed by atoms with van der Waals surface area (Å²) in [4.78, 5) is 9.73. The van der Waals surface area contributed by atoms with Crippen molar-refractivity contribution in [3.63, 3.8) is 0 Å². The number of hydrogen-bond acceptors (Lipinski definition) is 5. The van der Waals surface area contributed by atoms with Crippen molar-refractivity contribution in [3.8, 4) is 0 Å². The van der Waals surface area contributed by atoms with Crippen LogP contribution in [0.2, 0.25) is 0 Å². The molecular formula is C8H12BNO4. The quantitative estimate of drug-likeness (QED) is 0.416. The van der Waals surface area contributed by atoms with E-state index in [9.17, 15) is 0 Å². The van der Waals surface area contributed by atoms with E-state index in [-0.39, 0.29) is 0 Å². The van der Waals surface area contributed by atoms with Crippen molar-refractivity contribution in [2.45, 2.75) is 0 Å². The zero-order valence-electron chi connectivity index (χ0n) is 8.04. The maximum absolute atomic E-state index is 8.36. The predicted molar refractivity (Wildman–Crippen MR) is 53.6 cm³/mol. The molecule has 0 saturated carbocycles. The first-order chi connectivity index (χ1) is 6.69. The average molecular weight is 197 g/mol. The zero-order chi connectivity index (χ0) is 10.6. The Morgan fingerprint density at radius 1 is 1.07 bits per heavy atom. The lowest BCUT2D eigenvalue weighted by Crippen LogP contribution is -2.35. The molecule has 0 aliphatic carbocycles. The van der Waals surface area contributed by atoms with Gasteiger partial charge in [0.05, 0.1) is 0 Å². The highest BCUT2D eigenvalue weighted by molar-refractivity contribution is 6.60. The second-order valence-electron chi connectivity index (χ2n) is 3.03. The van der Waals surface area contributed by atoms with Crippen LogP contribution in [0.3, 0.4) is 0 Å². The highest BCUT2D eigenvalue weighted by Crippen LogP contribution is 2.07. The molecule has 0 heterocycles. The van der Waals surface area contributed by atoms with Crippen molar-refractivity contribution in [3.05, 3.63) is 24.3 Å². The third-order valence-corrected chi connectivity index (χ3v) is 1.87. The first kappa shape index (κ1) is 11.0. The Kier molecular flexibility index (Phi) is 3.90. The van der Waals surface area contributed by atoms with Gasteiger partial charge in [0.1, 0.15) is 0 Å². The standard InChI is InChI=1S/C8H12BNO4/c1-10(2)8-5-3-7(4-6-8)9(13-11)14-12/h3-6,11-12H,1-2H3. The van der Waals surface area contributed by atoms with Gasteiger partial charge < -0.3 is 4.90 Å². The van der Waals surface area contributed by atoms with Gasteiger partial charge in [-0.15, -0.1) is 0 Å². The molecule has 1 aromatic rings. The number of rotatable bonds is 4. The van der Waals surface area contributed by atoms with Crippen molar-refractivity contribution in [1.82, 2.24) is 0 Å². The maximum Gasteiger partial charge on any atom is 0.554 e. The number of hydrogen-bond donors (Lipinski definition) is 2. The molecule has 0 atom stereocenters. The summed E-state index contributed by atoms with van der Waals surface area (Å²) in [6.07, 6.45) is 0. The molecule has 0 aliphatic heterocycles. The Morgan fingerprint density at radius 2 is 1.57 bits per heavy atom. The molecule has 0 aliphatic rings. The van der Waals surface area contributed by atoms with E-state index >= 15 is 0 Å². The second-order valence-corrected chi connectivity index (χ2v) is 3.03. The van der Waals surface area contributed by atoms with Gasteiger partial charge in [-0.25, -0.2) is 0 Å². The maximum atomic E-state index is 8.36. The first-order valence-electron chi connectivity index (χ1n) is 4.06. The lowest BCUT2D eigenvalue weighted by molar-refractivity contribution is -0.221. The summed E-state index contributed by atoms with van der Waals surface area (Å²) >= 11 is 0. The lowest BCUT2D eigenvalue weighted by Gasteiger charge is -2.13. The highest BCUT2D eigenvalue weighted by Gasteiger charge is 2.21. The Hall–Kier alpha value is -1.08. The fraction of sp³-hybridized carbons (Fsp3) is 0.250. The van der Waals surface area contributed by atoms with Gasteiger partial charge in [0.15, 0.2) is 0 Å². The van der Waals surface area contributed by atoms with Crippen molar-refractivity contribution >= 4 is 18.3 Å². The Bertz CT molecular complexity index is 273. The monoisotopic (exact) mass is 197 g/mol. The summed E-state index contributed by atoms with van der Waals surface area (Å²) in [5.74, 6) is 0. The van der Waals surface area contributed by atoms with Crippen LogP contribution >= 0.6 is 0 Å². The molecule has 76 valence electrons. The van der Waals surface area contributed by atoms with Gasteiger partial charge in [0.25, 0.3) is 0 Å². The van der Waals surface area contributed by atoms with Gasteiger partial charge in [-0.2, -0.15) is 0 Å². The number of nitrogens with zero attached hydrogens (tertiary/aromatic N) is 1. The molecule has 0 unspecified atom stereocenters. The van der Waals surface area contributed by atoms with Crippen LogP contribution in [0.5, 0.6) is 0 Å². The Labute approximate surface area is 82.5 Å². The summed E-state index contributed by atoms with van der Waals surface area (Å²) in [5, 5.41) is 16.7. The molecule has 0 amide bonds. The van der Waals surface area contributed by atoms with Gasteiger partial charge in [0.2, 0.25) is 0 Å². The third-order valence-electron chi connectivity index (χ3n) is 1.87. The molecule has 1 rings (SSSR count). The average Bonchev–Trinajstić information content (AvgIpc) is 2.20. The molecule has 0 radical (unpaired) electrons. The SMILES string of the molecule is CN(C)c1ccc(B(OO)OO)cc1.